The molecule has 0 amide bonds. The number of ether oxygens (including phenoxy) is 1. The number of aromatic nitrogens is 1. The molecule has 2 aromatic rings. The molecule has 0 bridgehead atoms. The van der Waals surface area contributed by atoms with Gasteiger partial charge in [-0.2, -0.15) is 0 Å². The maximum Gasteiger partial charge on any atom is 0.312 e. The van der Waals surface area contributed by atoms with Gasteiger partial charge in [-0.15, -0.1) is 0 Å². The second-order valence-corrected chi connectivity index (χ2v) is 4.77. The molecule has 0 aliphatic carbocycles. The van der Waals surface area contributed by atoms with Crippen molar-refractivity contribution in [2.45, 2.75) is 12.3 Å². The molecule has 0 aliphatic heterocycles. The van der Waals surface area contributed by atoms with Crippen LogP contribution in [-0.2, 0) is 11.2 Å². The summed E-state index contributed by atoms with van der Waals surface area (Å²) in [6.07, 6.45) is 0.329. The highest BCUT2D eigenvalue weighted by Crippen LogP contribution is 2.23. The first-order valence-corrected chi connectivity index (χ1v) is 6.46. The summed E-state index contributed by atoms with van der Waals surface area (Å²) in [5.41, 5.74) is 1.33. The largest absolute Gasteiger partial charge is 0.481 e. The van der Waals surface area contributed by atoms with Gasteiger partial charge in [-0.25, -0.2) is 4.98 Å². The van der Waals surface area contributed by atoms with Crippen LogP contribution >= 0.6 is 11.6 Å². The molecule has 5 heteroatoms. The number of hydrogen-bond acceptors (Lipinski definition) is 3. The van der Waals surface area contributed by atoms with Crippen LogP contribution in [0.3, 0.4) is 0 Å². The van der Waals surface area contributed by atoms with E-state index in [-0.39, 0.29) is 0 Å². The van der Waals surface area contributed by atoms with Crippen LogP contribution in [0.15, 0.2) is 42.5 Å². The average molecular weight is 292 g/mol. The molecule has 0 saturated heterocycles. The maximum atomic E-state index is 11.5. The summed E-state index contributed by atoms with van der Waals surface area (Å²) < 4.78 is 5.03. The van der Waals surface area contributed by atoms with Gasteiger partial charge in [0.15, 0.2) is 0 Å². The van der Waals surface area contributed by atoms with E-state index in [4.69, 9.17) is 16.3 Å². The lowest BCUT2D eigenvalue weighted by Gasteiger charge is -2.13. The Morgan fingerprint density at radius 2 is 2.10 bits per heavy atom. The molecule has 1 heterocycles. The van der Waals surface area contributed by atoms with Crippen LogP contribution in [0.1, 0.15) is 17.2 Å². The van der Waals surface area contributed by atoms with Crippen molar-refractivity contribution in [2.24, 2.45) is 0 Å². The first-order valence-electron chi connectivity index (χ1n) is 6.08. The Balaban J connectivity index is 2.29. The molecule has 1 aromatic carbocycles. The van der Waals surface area contributed by atoms with Gasteiger partial charge in [-0.1, -0.05) is 29.8 Å². The Kier molecular flexibility index (Phi) is 4.58. The molecule has 1 atom stereocenters. The van der Waals surface area contributed by atoms with Gasteiger partial charge >= 0.3 is 5.97 Å². The van der Waals surface area contributed by atoms with Crippen molar-refractivity contribution < 1.29 is 14.6 Å². The summed E-state index contributed by atoms with van der Waals surface area (Å²) >= 11 is 5.92. The second kappa shape index (κ2) is 6.39. The Morgan fingerprint density at radius 1 is 1.35 bits per heavy atom. The minimum Gasteiger partial charge on any atom is -0.481 e. The molecule has 0 fully saturated rings. The fraction of sp³-hybridized carbons (Fsp3) is 0.200. The smallest absolute Gasteiger partial charge is 0.312 e. The molecule has 4 nitrogen and oxygen atoms in total. The van der Waals surface area contributed by atoms with Crippen molar-refractivity contribution in [2.75, 3.05) is 7.11 Å². The molecule has 1 N–H and O–H groups in total. The van der Waals surface area contributed by atoms with Gasteiger partial charge in [0.25, 0.3) is 0 Å². The Morgan fingerprint density at radius 3 is 2.75 bits per heavy atom. The van der Waals surface area contributed by atoms with E-state index in [1.807, 2.05) is 6.07 Å². The lowest BCUT2D eigenvalue weighted by molar-refractivity contribution is -0.138. The van der Waals surface area contributed by atoms with Gasteiger partial charge in [-0.3, -0.25) is 4.79 Å². The van der Waals surface area contributed by atoms with Crippen LogP contribution in [0.5, 0.6) is 5.88 Å². The molecular formula is C15H14ClNO3. The average Bonchev–Trinajstić information content (AvgIpc) is 2.44. The van der Waals surface area contributed by atoms with E-state index in [2.05, 4.69) is 4.98 Å². The number of nitrogens with zero attached hydrogens (tertiary/aromatic N) is 1. The fourth-order valence-corrected chi connectivity index (χ4v) is 2.17. The van der Waals surface area contributed by atoms with Crippen LogP contribution in [0.25, 0.3) is 0 Å². The highest BCUT2D eigenvalue weighted by Gasteiger charge is 2.22. The van der Waals surface area contributed by atoms with Gasteiger partial charge in [-0.05, 0) is 30.2 Å². The third-order valence-corrected chi connectivity index (χ3v) is 3.17. The van der Waals surface area contributed by atoms with E-state index in [9.17, 15) is 9.90 Å². The molecule has 0 spiro atoms. The topological polar surface area (TPSA) is 59.4 Å². The molecule has 1 unspecified atom stereocenters. The van der Waals surface area contributed by atoms with Gasteiger partial charge < -0.3 is 9.84 Å². The first kappa shape index (κ1) is 14.3. The van der Waals surface area contributed by atoms with Crippen molar-refractivity contribution in [1.29, 1.82) is 0 Å². The van der Waals surface area contributed by atoms with Crippen molar-refractivity contribution in [3.8, 4) is 5.88 Å². The number of benzene rings is 1. The Hall–Kier alpha value is -2.07. The summed E-state index contributed by atoms with van der Waals surface area (Å²) in [6, 6.07) is 12.3. The number of carbonyl (C=O) groups is 1. The number of carboxylic acids is 1. The number of pyridine rings is 1. The molecule has 20 heavy (non-hydrogen) atoms. The van der Waals surface area contributed by atoms with Crippen molar-refractivity contribution in [3.63, 3.8) is 0 Å². The van der Waals surface area contributed by atoms with Crippen LogP contribution in [-0.4, -0.2) is 23.2 Å². The number of rotatable bonds is 5. The van der Waals surface area contributed by atoms with Crippen LogP contribution in [0, 0.1) is 0 Å². The highest BCUT2D eigenvalue weighted by atomic mass is 35.5. The van der Waals surface area contributed by atoms with E-state index in [0.717, 1.165) is 5.56 Å². The van der Waals surface area contributed by atoms with Crippen LogP contribution < -0.4 is 4.74 Å². The van der Waals surface area contributed by atoms with Gasteiger partial charge in [0, 0.05) is 11.1 Å². The highest BCUT2D eigenvalue weighted by molar-refractivity contribution is 6.30. The third-order valence-electron chi connectivity index (χ3n) is 2.94. The van der Waals surface area contributed by atoms with Crippen molar-refractivity contribution >= 4 is 17.6 Å². The fourth-order valence-electron chi connectivity index (χ4n) is 1.96. The van der Waals surface area contributed by atoms with Crippen molar-refractivity contribution in [1.82, 2.24) is 4.98 Å². The van der Waals surface area contributed by atoms with E-state index in [1.165, 1.54) is 7.11 Å². The van der Waals surface area contributed by atoms with E-state index in [0.29, 0.717) is 23.0 Å². The SMILES string of the molecule is COc1cccc(C(Cc2cccc(Cl)c2)C(=O)O)n1. The van der Waals surface area contributed by atoms with Crippen molar-refractivity contribution in [3.05, 3.63) is 58.7 Å². The van der Waals surface area contributed by atoms with E-state index >= 15 is 0 Å². The summed E-state index contributed by atoms with van der Waals surface area (Å²) in [7, 11) is 1.50. The van der Waals surface area contributed by atoms with Gasteiger partial charge in [0.2, 0.25) is 5.88 Å². The number of hydrogen-bond donors (Lipinski definition) is 1. The molecule has 1 aromatic heterocycles. The zero-order valence-corrected chi connectivity index (χ0v) is 11.7. The number of halogens is 1. The summed E-state index contributed by atoms with van der Waals surface area (Å²) in [5.74, 6) is -1.26. The number of methoxy groups -OCH3 is 1. The minimum absolute atomic E-state index is 0.329. The number of carboxylic acid groups (broad SMARTS) is 1. The number of aliphatic carboxylic acids is 1. The standard InChI is InChI=1S/C15H14ClNO3/c1-20-14-7-3-6-13(17-14)12(15(18)19)9-10-4-2-5-11(16)8-10/h2-8,12H,9H2,1H3,(H,18,19). The third kappa shape index (κ3) is 3.48. The van der Waals surface area contributed by atoms with E-state index < -0.39 is 11.9 Å². The lowest BCUT2D eigenvalue weighted by atomic mass is 9.96. The maximum absolute atomic E-state index is 11.5. The summed E-state index contributed by atoms with van der Waals surface area (Å²) in [4.78, 5) is 15.7. The predicted molar refractivity (Wildman–Crippen MR) is 76.3 cm³/mol. The predicted octanol–water partition coefficient (Wildman–Crippen LogP) is 3.15. The lowest BCUT2D eigenvalue weighted by Crippen LogP contribution is -2.16. The second-order valence-electron chi connectivity index (χ2n) is 4.33. The molecule has 2 rings (SSSR count). The molecule has 0 radical (unpaired) electrons. The molecule has 104 valence electrons. The van der Waals surface area contributed by atoms with Crippen LogP contribution in [0.4, 0.5) is 0 Å². The van der Waals surface area contributed by atoms with Gasteiger partial charge in [0.05, 0.1) is 12.8 Å². The zero-order valence-electron chi connectivity index (χ0n) is 10.9. The van der Waals surface area contributed by atoms with Gasteiger partial charge in [0.1, 0.15) is 5.92 Å². The Labute approximate surface area is 122 Å². The summed E-state index contributed by atoms with van der Waals surface area (Å²) in [5, 5.41) is 10.00. The van der Waals surface area contributed by atoms with E-state index in [1.54, 1.807) is 36.4 Å². The van der Waals surface area contributed by atoms with Crippen LogP contribution in [0.2, 0.25) is 5.02 Å². The quantitative estimate of drug-likeness (QED) is 0.919. The normalized spacial score (nSPS) is 11.9. The Bertz CT molecular complexity index is 616. The minimum atomic E-state index is -0.925. The molecular weight excluding hydrogens is 278 g/mol. The zero-order chi connectivity index (χ0) is 14.5. The molecule has 0 saturated carbocycles. The summed E-state index contributed by atoms with van der Waals surface area (Å²) in [6.45, 7) is 0. The molecule has 0 aliphatic rings. The monoisotopic (exact) mass is 291 g/mol. The first-order chi connectivity index (χ1) is 9.60.